The summed E-state index contributed by atoms with van der Waals surface area (Å²) < 4.78 is 0. The maximum absolute atomic E-state index is 9.83. The molecule has 0 amide bonds. The number of anilines is 1. The predicted molar refractivity (Wildman–Crippen MR) is 85.7 cm³/mol. The van der Waals surface area contributed by atoms with Gasteiger partial charge in [-0.05, 0) is 18.9 Å². The van der Waals surface area contributed by atoms with E-state index < -0.39 is 0 Å². The van der Waals surface area contributed by atoms with Crippen molar-refractivity contribution >= 4 is 11.9 Å². The molecule has 1 aliphatic heterocycles. The molecule has 1 saturated carbocycles. The molecule has 2 heterocycles. The van der Waals surface area contributed by atoms with Crippen LogP contribution < -0.4 is 10.6 Å². The Kier molecular flexibility index (Phi) is 4.72. The number of aromatic nitrogens is 2. The minimum absolute atomic E-state index is 0.205. The van der Waals surface area contributed by atoms with E-state index in [2.05, 4.69) is 24.8 Å². The summed E-state index contributed by atoms with van der Waals surface area (Å²) in [7, 11) is 0. The summed E-state index contributed by atoms with van der Waals surface area (Å²) in [4.78, 5) is 17.3. The van der Waals surface area contributed by atoms with Crippen LogP contribution in [-0.2, 0) is 0 Å². The molecule has 120 valence electrons. The summed E-state index contributed by atoms with van der Waals surface area (Å²) in [6, 6.07) is 1.82. The van der Waals surface area contributed by atoms with E-state index in [1.807, 2.05) is 6.07 Å². The Hall–Kier alpha value is -1.89. The molecule has 0 aromatic carbocycles. The summed E-state index contributed by atoms with van der Waals surface area (Å²) in [6.45, 7) is 3.95. The van der Waals surface area contributed by atoms with Gasteiger partial charge in [0.05, 0.1) is 6.10 Å². The maximum atomic E-state index is 9.83. The average Bonchev–Trinajstić information content (AvgIpc) is 2.99. The molecular formula is C15H24N6O. The van der Waals surface area contributed by atoms with Crippen molar-refractivity contribution in [3.63, 3.8) is 0 Å². The van der Waals surface area contributed by atoms with E-state index in [1.165, 1.54) is 0 Å². The summed E-state index contributed by atoms with van der Waals surface area (Å²) in [5.41, 5.74) is 6.10. The fourth-order valence-electron chi connectivity index (χ4n) is 3.13. The van der Waals surface area contributed by atoms with Crippen molar-refractivity contribution in [2.75, 3.05) is 37.6 Å². The number of nitrogens with zero attached hydrogens (tertiary/aromatic N) is 5. The zero-order chi connectivity index (χ0) is 15.4. The number of piperazine rings is 1. The maximum Gasteiger partial charge on any atom is 0.225 e. The minimum atomic E-state index is -0.205. The summed E-state index contributed by atoms with van der Waals surface area (Å²) in [5, 5.41) is 9.83. The van der Waals surface area contributed by atoms with Gasteiger partial charge < -0.3 is 20.6 Å². The lowest BCUT2D eigenvalue weighted by Gasteiger charge is -2.35. The van der Waals surface area contributed by atoms with Gasteiger partial charge in [0.1, 0.15) is 0 Å². The molecule has 1 aliphatic carbocycles. The van der Waals surface area contributed by atoms with Gasteiger partial charge in [0, 0.05) is 51.0 Å². The second-order valence-corrected chi connectivity index (χ2v) is 5.98. The number of aliphatic hydroxyl groups is 1. The number of hydrogen-bond donors (Lipinski definition) is 2. The van der Waals surface area contributed by atoms with Crippen LogP contribution >= 0.6 is 0 Å². The first-order valence-corrected chi connectivity index (χ1v) is 7.99. The van der Waals surface area contributed by atoms with Crippen molar-refractivity contribution < 1.29 is 5.11 Å². The SMILES string of the molecule is NC(=NC[C@H]1CCC[C@@H]1O)N1CCN(c2ncccn2)CC1. The van der Waals surface area contributed by atoms with Crippen LogP contribution in [0.15, 0.2) is 23.5 Å². The highest BCUT2D eigenvalue weighted by atomic mass is 16.3. The lowest BCUT2D eigenvalue weighted by Crippen LogP contribution is -2.51. The number of guanidine groups is 1. The molecule has 1 saturated heterocycles. The molecule has 0 bridgehead atoms. The molecule has 2 atom stereocenters. The number of aliphatic hydroxyl groups excluding tert-OH is 1. The van der Waals surface area contributed by atoms with E-state index in [0.717, 1.165) is 51.4 Å². The third-order valence-corrected chi connectivity index (χ3v) is 4.55. The Morgan fingerprint density at radius 1 is 1.23 bits per heavy atom. The first-order chi connectivity index (χ1) is 10.7. The van der Waals surface area contributed by atoms with Crippen LogP contribution in [0.4, 0.5) is 5.95 Å². The molecular weight excluding hydrogens is 280 g/mol. The molecule has 1 aromatic rings. The Morgan fingerprint density at radius 2 is 1.95 bits per heavy atom. The van der Waals surface area contributed by atoms with E-state index in [9.17, 15) is 5.11 Å². The zero-order valence-corrected chi connectivity index (χ0v) is 12.8. The van der Waals surface area contributed by atoms with Gasteiger partial charge in [0.25, 0.3) is 0 Å². The highest BCUT2D eigenvalue weighted by Gasteiger charge is 2.25. The molecule has 0 unspecified atom stereocenters. The fraction of sp³-hybridized carbons (Fsp3) is 0.667. The second kappa shape index (κ2) is 6.91. The van der Waals surface area contributed by atoms with E-state index in [1.54, 1.807) is 12.4 Å². The second-order valence-electron chi connectivity index (χ2n) is 5.98. The van der Waals surface area contributed by atoms with Gasteiger partial charge in [-0.3, -0.25) is 4.99 Å². The monoisotopic (exact) mass is 304 g/mol. The van der Waals surface area contributed by atoms with Crippen molar-refractivity contribution in [2.24, 2.45) is 16.6 Å². The first kappa shape index (κ1) is 15.0. The van der Waals surface area contributed by atoms with Gasteiger partial charge in [-0.25, -0.2) is 9.97 Å². The molecule has 7 nitrogen and oxygen atoms in total. The fourth-order valence-corrected chi connectivity index (χ4v) is 3.13. The number of aliphatic imine (C=N–C) groups is 1. The van der Waals surface area contributed by atoms with Crippen LogP contribution in [-0.4, -0.2) is 64.8 Å². The smallest absolute Gasteiger partial charge is 0.225 e. The number of nitrogens with two attached hydrogens (primary N) is 1. The first-order valence-electron chi connectivity index (χ1n) is 7.99. The summed E-state index contributed by atoms with van der Waals surface area (Å²) in [6.07, 6.45) is 6.36. The van der Waals surface area contributed by atoms with Crippen LogP contribution in [0.25, 0.3) is 0 Å². The Balaban J connectivity index is 1.50. The van der Waals surface area contributed by atoms with Gasteiger partial charge in [0.2, 0.25) is 5.95 Å². The Labute approximate surface area is 130 Å². The Morgan fingerprint density at radius 3 is 2.59 bits per heavy atom. The Bertz CT molecular complexity index is 500. The molecule has 1 aromatic heterocycles. The minimum Gasteiger partial charge on any atom is -0.393 e. The molecule has 7 heteroatoms. The molecule has 0 radical (unpaired) electrons. The lowest BCUT2D eigenvalue weighted by atomic mass is 10.1. The molecule has 0 spiro atoms. The molecule has 22 heavy (non-hydrogen) atoms. The summed E-state index contributed by atoms with van der Waals surface area (Å²) >= 11 is 0. The van der Waals surface area contributed by atoms with Crippen LogP contribution in [0.3, 0.4) is 0 Å². The van der Waals surface area contributed by atoms with Crippen LogP contribution in [0, 0.1) is 5.92 Å². The van der Waals surface area contributed by atoms with Crippen LogP contribution in [0.2, 0.25) is 0 Å². The van der Waals surface area contributed by atoms with Crippen LogP contribution in [0.5, 0.6) is 0 Å². The third-order valence-electron chi connectivity index (χ3n) is 4.55. The van der Waals surface area contributed by atoms with E-state index in [4.69, 9.17) is 5.73 Å². The van der Waals surface area contributed by atoms with Crippen molar-refractivity contribution in [3.8, 4) is 0 Å². The van der Waals surface area contributed by atoms with E-state index >= 15 is 0 Å². The van der Waals surface area contributed by atoms with Gasteiger partial charge in [-0.2, -0.15) is 0 Å². The van der Waals surface area contributed by atoms with E-state index in [0.29, 0.717) is 12.5 Å². The van der Waals surface area contributed by atoms with Gasteiger partial charge >= 0.3 is 0 Å². The lowest BCUT2D eigenvalue weighted by molar-refractivity contribution is 0.136. The number of rotatable bonds is 3. The average molecular weight is 304 g/mol. The standard InChI is InChI=1S/C15H24N6O/c16-14(19-11-12-3-1-4-13(12)22)20-7-9-21(10-8-20)15-17-5-2-6-18-15/h2,5-6,12-13,22H,1,3-4,7-11H2,(H2,16,19)/t12-,13+/m1/s1. The molecule has 3 rings (SSSR count). The van der Waals surface area contributed by atoms with Gasteiger partial charge in [-0.1, -0.05) is 6.42 Å². The van der Waals surface area contributed by atoms with Crippen molar-refractivity contribution in [2.45, 2.75) is 25.4 Å². The number of hydrogen-bond acceptors (Lipinski definition) is 5. The predicted octanol–water partition coefficient (Wildman–Crippen LogP) is 0.0743. The van der Waals surface area contributed by atoms with Gasteiger partial charge in [-0.15, -0.1) is 0 Å². The quantitative estimate of drug-likeness (QED) is 0.607. The van der Waals surface area contributed by atoms with Crippen molar-refractivity contribution in [1.29, 1.82) is 0 Å². The molecule has 2 fully saturated rings. The third kappa shape index (κ3) is 3.47. The topological polar surface area (TPSA) is 90.9 Å². The zero-order valence-electron chi connectivity index (χ0n) is 12.8. The molecule has 3 N–H and O–H groups in total. The van der Waals surface area contributed by atoms with Crippen molar-refractivity contribution in [3.05, 3.63) is 18.5 Å². The van der Waals surface area contributed by atoms with E-state index in [-0.39, 0.29) is 12.0 Å². The highest BCUT2D eigenvalue weighted by Crippen LogP contribution is 2.25. The summed E-state index contributed by atoms with van der Waals surface area (Å²) in [5.74, 6) is 1.64. The van der Waals surface area contributed by atoms with Crippen LogP contribution in [0.1, 0.15) is 19.3 Å². The van der Waals surface area contributed by atoms with Gasteiger partial charge in [0.15, 0.2) is 5.96 Å². The normalized spacial score (nSPS) is 26.5. The highest BCUT2D eigenvalue weighted by molar-refractivity contribution is 5.78. The van der Waals surface area contributed by atoms with Crippen molar-refractivity contribution in [1.82, 2.24) is 14.9 Å². The largest absolute Gasteiger partial charge is 0.393 e. The molecule has 2 aliphatic rings.